The van der Waals surface area contributed by atoms with Gasteiger partial charge in [0.2, 0.25) is 5.89 Å². The average molecular weight is 257 g/mol. The average Bonchev–Trinajstić information content (AvgIpc) is 3.03. The zero-order valence-corrected chi connectivity index (χ0v) is 11.0. The van der Waals surface area contributed by atoms with Gasteiger partial charge in [-0.2, -0.15) is 0 Å². The lowest BCUT2D eigenvalue weighted by molar-refractivity contribution is 0.273. The fourth-order valence-electron chi connectivity index (χ4n) is 3.74. The van der Waals surface area contributed by atoms with Gasteiger partial charge in [-0.25, -0.2) is 4.98 Å². The molecule has 100 valence electrons. The molecule has 2 unspecified atom stereocenters. The van der Waals surface area contributed by atoms with E-state index in [2.05, 4.69) is 9.88 Å². The van der Waals surface area contributed by atoms with E-state index in [0.717, 1.165) is 35.4 Å². The van der Waals surface area contributed by atoms with Gasteiger partial charge in [0, 0.05) is 13.1 Å². The number of benzene rings is 1. The second-order valence-corrected chi connectivity index (χ2v) is 5.95. The molecule has 0 amide bonds. The van der Waals surface area contributed by atoms with Crippen LogP contribution >= 0.6 is 0 Å². The molecule has 2 N–H and O–H groups in total. The molecule has 1 saturated carbocycles. The molecule has 4 nitrogen and oxygen atoms in total. The van der Waals surface area contributed by atoms with E-state index in [1.807, 2.05) is 18.2 Å². The largest absolute Gasteiger partial charge is 0.439 e. The normalized spacial score (nSPS) is 27.2. The lowest BCUT2D eigenvalue weighted by Gasteiger charge is -2.13. The molecule has 0 spiro atoms. The van der Waals surface area contributed by atoms with Crippen LogP contribution in [-0.2, 0) is 6.54 Å². The third kappa shape index (κ3) is 1.91. The molecule has 1 saturated heterocycles. The number of aromatic nitrogens is 1. The number of oxazole rings is 1. The van der Waals surface area contributed by atoms with Crippen LogP contribution in [0.2, 0.25) is 0 Å². The summed E-state index contributed by atoms with van der Waals surface area (Å²) in [6.45, 7) is 3.23. The van der Waals surface area contributed by atoms with E-state index in [1.165, 1.54) is 32.4 Å². The summed E-state index contributed by atoms with van der Waals surface area (Å²) in [4.78, 5) is 7.02. The molecular weight excluding hydrogens is 238 g/mol. The maximum atomic E-state index is 5.92. The summed E-state index contributed by atoms with van der Waals surface area (Å²) in [6.07, 6.45) is 4.23. The lowest BCUT2D eigenvalue weighted by Crippen LogP contribution is -2.21. The number of nitrogens with zero attached hydrogens (tertiary/aromatic N) is 2. The smallest absolute Gasteiger partial charge is 0.209 e. The van der Waals surface area contributed by atoms with Crippen LogP contribution in [0.5, 0.6) is 0 Å². The standard InChI is InChI=1S/C15H19N3O/c16-12-5-2-6-13-15(12)17-14(19-13)9-18-7-10-3-1-4-11(10)8-18/h2,5-6,10-11H,1,3-4,7-9,16H2. The predicted molar refractivity (Wildman–Crippen MR) is 74.5 cm³/mol. The Labute approximate surface area is 112 Å². The highest BCUT2D eigenvalue weighted by molar-refractivity contribution is 5.85. The van der Waals surface area contributed by atoms with Gasteiger partial charge in [0.05, 0.1) is 12.2 Å². The Hall–Kier alpha value is -1.55. The summed E-state index contributed by atoms with van der Waals surface area (Å²) in [5.41, 5.74) is 8.22. The molecule has 4 heteroatoms. The van der Waals surface area contributed by atoms with Crippen molar-refractivity contribution in [1.29, 1.82) is 0 Å². The first kappa shape index (κ1) is 11.3. The molecule has 2 atom stereocenters. The summed E-state index contributed by atoms with van der Waals surface area (Å²) >= 11 is 0. The summed E-state index contributed by atoms with van der Waals surface area (Å²) in [5.74, 6) is 2.62. The summed E-state index contributed by atoms with van der Waals surface area (Å²) < 4.78 is 5.80. The van der Waals surface area contributed by atoms with Crippen LogP contribution in [0.15, 0.2) is 22.6 Å². The molecule has 4 rings (SSSR count). The van der Waals surface area contributed by atoms with E-state index in [-0.39, 0.29) is 0 Å². The Morgan fingerprint density at radius 3 is 2.79 bits per heavy atom. The molecular formula is C15H19N3O. The van der Waals surface area contributed by atoms with Crippen molar-refractivity contribution < 1.29 is 4.42 Å². The monoisotopic (exact) mass is 257 g/mol. The van der Waals surface area contributed by atoms with Crippen LogP contribution in [0.4, 0.5) is 5.69 Å². The van der Waals surface area contributed by atoms with E-state index in [1.54, 1.807) is 0 Å². The maximum Gasteiger partial charge on any atom is 0.209 e. The fraction of sp³-hybridized carbons (Fsp3) is 0.533. The van der Waals surface area contributed by atoms with E-state index in [0.29, 0.717) is 5.69 Å². The van der Waals surface area contributed by atoms with Crippen molar-refractivity contribution in [1.82, 2.24) is 9.88 Å². The van der Waals surface area contributed by atoms with Gasteiger partial charge in [0.1, 0.15) is 5.52 Å². The molecule has 1 aliphatic heterocycles. The van der Waals surface area contributed by atoms with Gasteiger partial charge in [-0.3, -0.25) is 4.90 Å². The number of fused-ring (bicyclic) bond motifs is 2. The highest BCUT2D eigenvalue weighted by atomic mass is 16.3. The first-order chi connectivity index (χ1) is 9.29. The number of nitrogen functional groups attached to an aromatic ring is 1. The minimum atomic E-state index is 0.700. The van der Waals surface area contributed by atoms with E-state index in [9.17, 15) is 0 Å². The van der Waals surface area contributed by atoms with Crippen molar-refractivity contribution in [2.24, 2.45) is 11.8 Å². The Kier molecular flexibility index (Phi) is 2.52. The van der Waals surface area contributed by atoms with Gasteiger partial charge in [-0.05, 0) is 36.8 Å². The number of para-hydroxylation sites is 1. The first-order valence-corrected chi connectivity index (χ1v) is 7.16. The molecule has 1 aromatic carbocycles. The minimum Gasteiger partial charge on any atom is -0.439 e. The van der Waals surface area contributed by atoms with E-state index >= 15 is 0 Å². The topological polar surface area (TPSA) is 55.3 Å². The molecule has 0 bridgehead atoms. The molecule has 1 aliphatic carbocycles. The SMILES string of the molecule is Nc1cccc2oc(CN3CC4CCCC4C3)nc12. The van der Waals surface area contributed by atoms with Gasteiger partial charge >= 0.3 is 0 Å². The highest BCUT2D eigenvalue weighted by Gasteiger charge is 2.36. The minimum absolute atomic E-state index is 0.700. The van der Waals surface area contributed by atoms with E-state index in [4.69, 9.17) is 10.2 Å². The number of hydrogen-bond acceptors (Lipinski definition) is 4. The van der Waals surface area contributed by atoms with Crippen molar-refractivity contribution in [3.8, 4) is 0 Å². The van der Waals surface area contributed by atoms with Gasteiger partial charge in [0.25, 0.3) is 0 Å². The summed E-state index contributed by atoms with van der Waals surface area (Å²) in [6, 6.07) is 5.71. The summed E-state index contributed by atoms with van der Waals surface area (Å²) in [5, 5.41) is 0. The summed E-state index contributed by atoms with van der Waals surface area (Å²) in [7, 11) is 0. The van der Waals surface area contributed by atoms with Gasteiger partial charge in [-0.15, -0.1) is 0 Å². The van der Waals surface area contributed by atoms with Crippen LogP contribution in [0.1, 0.15) is 25.2 Å². The van der Waals surface area contributed by atoms with Crippen molar-refractivity contribution in [2.75, 3.05) is 18.8 Å². The molecule has 2 fully saturated rings. The van der Waals surface area contributed by atoms with Gasteiger partial charge in [-0.1, -0.05) is 12.5 Å². The molecule has 0 radical (unpaired) electrons. The van der Waals surface area contributed by atoms with E-state index < -0.39 is 0 Å². The Balaban J connectivity index is 1.54. The second-order valence-electron chi connectivity index (χ2n) is 5.95. The van der Waals surface area contributed by atoms with Crippen LogP contribution in [0, 0.1) is 11.8 Å². The zero-order valence-electron chi connectivity index (χ0n) is 11.0. The number of anilines is 1. The zero-order chi connectivity index (χ0) is 12.8. The first-order valence-electron chi connectivity index (χ1n) is 7.16. The van der Waals surface area contributed by atoms with Crippen molar-refractivity contribution in [2.45, 2.75) is 25.8 Å². The van der Waals surface area contributed by atoms with Crippen molar-refractivity contribution in [3.63, 3.8) is 0 Å². The Bertz CT molecular complexity index is 594. The second kappa shape index (κ2) is 4.23. The van der Waals surface area contributed by atoms with Gasteiger partial charge < -0.3 is 10.2 Å². The molecule has 2 aliphatic rings. The maximum absolute atomic E-state index is 5.92. The Morgan fingerprint density at radius 1 is 1.26 bits per heavy atom. The highest BCUT2D eigenvalue weighted by Crippen LogP contribution is 2.38. The van der Waals surface area contributed by atoms with Crippen LogP contribution in [-0.4, -0.2) is 23.0 Å². The van der Waals surface area contributed by atoms with Crippen molar-refractivity contribution in [3.05, 3.63) is 24.1 Å². The number of nitrogens with two attached hydrogens (primary N) is 1. The quantitative estimate of drug-likeness (QED) is 0.840. The molecule has 19 heavy (non-hydrogen) atoms. The lowest BCUT2D eigenvalue weighted by atomic mass is 10.0. The fourth-order valence-corrected chi connectivity index (χ4v) is 3.74. The van der Waals surface area contributed by atoms with Crippen LogP contribution < -0.4 is 5.73 Å². The molecule has 1 aromatic heterocycles. The number of hydrogen-bond donors (Lipinski definition) is 1. The van der Waals surface area contributed by atoms with Crippen LogP contribution in [0.25, 0.3) is 11.1 Å². The Morgan fingerprint density at radius 2 is 2.05 bits per heavy atom. The predicted octanol–water partition coefficient (Wildman–Crippen LogP) is 2.64. The van der Waals surface area contributed by atoms with Crippen LogP contribution in [0.3, 0.4) is 0 Å². The molecule has 2 heterocycles. The van der Waals surface area contributed by atoms with Gasteiger partial charge in [0.15, 0.2) is 5.58 Å². The van der Waals surface area contributed by atoms with Crippen molar-refractivity contribution >= 4 is 16.8 Å². The number of rotatable bonds is 2. The third-order valence-corrected chi connectivity index (χ3v) is 4.66. The molecule has 2 aromatic rings. The number of likely N-dealkylation sites (tertiary alicyclic amines) is 1. The third-order valence-electron chi connectivity index (χ3n) is 4.66.